The quantitative estimate of drug-likeness (QED) is 0.773. The highest BCUT2D eigenvalue weighted by Crippen LogP contribution is 2.17. The number of hydrogen-bond acceptors (Lipinski definition) is 4. The number of hydrogen-bond donors (Lipinski definition) is 2. The van der Waals surface area contributed by atoms with E-state index in [-0.39, 0.29) is 11.5 Å². The third-order valence-electron chi connectivity index (χ3n) is 4.58. The van der Waals surface area contributed by atoms with E-state index in [4.69, 9.17) is 0 Å². The lowest BCUT2D eigenvalue weighted by molar-refractivity contribution is 0.0876. The van der Waals surface area contributed by atoms with E-state index in [1.54, 1.807) is 24.3 Å². The Morgan fingerprint density at radius 1 is 1.00 bits per heavy atom. The van der Waals surface area contributed by atoms with E-state index >= 15 is 0 Å². The third kappa shape index (κ3) is 5.34. The summed E-state index contributed by atoms with van der Waals surface area (Å²) in [4.78, 5) is 28.9. The van der Waals surface area contributed by atoms with Gasteiger partial charge < -0.3 is 15.5 Å². The number of halogens is 2. The van der Waals surface area contributed by atoms with Gasteiger partial charge in [0.15, 0.2) is 5.78 Å². The predicted octanol–water partition coefficient (Wildman–Crippen LogP) is 3.04. The summed E-state index contributed by atoms with van der Waals surface area (Å²) in [6, 6.07) is 8.60. The molecule has 0 saturated carbocycles. The Labute approximate surface area is 162 Å². The predicted molar refractivity (Wildman–Crippen MR) is 104 cm³/mol. The van der Waals surface area contributed by atoms with Gasteiger partial charge >= 0.3 is 6.03 Å². The number of likely N-dealkylation sites (N-methyl/N-ethyl adjacent to an activating group) is 1. The second kappa shape index (κ2) is 8.90. The number of Topliss-reactive ketones (excluding diaryl/α,β-unsaturated/α-hetero) is 1. The Bertz CT molecular complexity index is 867. The Hall–Kier alpha value is -2.84. The van der Waals surface area contributed by atoms with Gasteiger partial charge in [-0.2, -0.15) is 0 Å². The van der Waals surface area contributed by atoms with Crippen molar-refractivity contribution in [3.63, 3.8) is 0 Å². The molecule has 0 aliphatic carbocycles. The van der Waals surface area contributed by atoms with Crippen LogP contribution in [-0.4, -0.2) is 61.4 Å². The number of nitrogens with one attached hydrogen (secondary N) is 2. The minimum absolute atomic E-state index is 0.0372. The average Bonchev–Trinajstić information content (AvgIpc) is 2.66. The molecule has 6 nitrogen and oxygen atoms in total. The molecule has 2 amide bonds. The number of piperazine rings is 1. The molecule has 8 heteroatoms. The van der Waals surface area contributed by atoms with Crippen molar-refractivity contribution in [3.05, 3.63) is 59.7 Å². The van der Waals surface area contributed by atoms with Gasteiger partial charge in [-0.25, -0.2) is 13.6 Å². The number of benzene rings is 2. The Balaban J connectivity index is 1.60. The molecule has 0 bridgehead atoms. The van der Waals surface area contributed by atoms with E-state index in [1.165, 1.54) is 0 Å². The molecule has 1 saturated heterocycles. The van der Waals surface area contributed by atoms with Crippen molar-refractivity contribution in [3.8, 4) is 0 Å². The number of rotatable bonds is 5. The van der Waals surface area contributed by atoms with E-state index in [1.807, 2.05) is 0 Å². The fourth-order valence-electron chi connectivity index (χ4n) is 2.95. The monoisotopic (exact) mass is 388 g/mol. The van der Waals surface area contributed by atoms with Crippen LogP contribution < -0.4 is 10.6 Å². The molecule has 28 heavy (non-hydrogen) atoms. The molecule has 1 fully saturated rings. The summed E-state index contributed by atoms with van der Waals surface area (Å²) in [7, 11) is 2.05. The molecular formula is C20H22F2N4O2. The zero-order chi connectivity index (χ0) is 20.1. The zero-order valence-corrected chi connectivity index (χ0v) is 15.5. The van der Waals surface area contributed by atoms with Crippen LogP contribution in [0.25, 0.3) is 0 Å². The second-order valence-electron chi connectivity index (χ2n) is 6.79. The van der Waals surface area contributed by atoms with Crippen LogP contribution >= 0.6 is 0 Å². The highest BCUT2D eigenvalue weighted by atomic mass is 19.1. The maximum Gasteiger partial charge on any atom is 0.323 e. The Kier molecular flexibility index (Phi) is 6.33. The van der Waals surface area contributed by atoms with Crippen molar-refractivity contribution in [2.24, 2.45) is 0 Å². The first kappa shape index (κ1) is 19.9. The highest BCUT2D eigenvalue weighted by Gasteiger charge is 2.18. The van der Waals surface area contributed by atoms with Gasteiger partial charge in [0.05, 0.1) is 12.2 Å². The lowest BCUT2D eigenvalue weighted by atomic mass is 10.1. The third-order valence-corrected chi connectivity index (χ3v) is 4.58. The molecule has 148 valence electrons. The number of carbonyl (C=O) groups is 2. The van der Waals surface area contributed by atoms with Crippen LogP contribution in [0.2, 0.25) is 0 Å². The fourth-order valence-corrected chi connectivity index (χ4v) is 2.95. The molecule has 0 unspecified atom stereocenters. The number of ketones is 1. The van der Waals surface area contributed by atoms with Crippen molar-refractivity contribution in [2.45, 2.75) is 0 Å². The SMILES string of the molecule is CN1CCN(CC(=O)c2cccc(NC(=O)Nc3cc(F)ccc3F)c2)CC1. The summed E-state index contributed by atoms with van der Waals surface area (Å²) in [6.45, 7) is 3.83. The molecule has 3 rings (SSSR count). The van der Waals surface area contributed by atoms with Gasteiger partial charge in [-0.05, 0) is 31.3 Å². The van der Waals surface area contributed by atoms with Gasteiger partial charge in [0, 0.05) is 43.5 Å². The smallest absolute Gasteiger partial charge is 0.308 e. The van der Waals surface area contributed by atoms with Crippen LogP contribution in [0.15, 0.2) is 42.5 Å². The molecular weight excluding hydrogens is 366 g/mol. The first-order valence-electron chi connectivity index (χ1n) is 8.98. The standard InChI is InChI=1S/C20H22F2N4O2/c1-25-7-9-26(10-8-25)13-19(27)14-3-2-4-16(11-14)23-20(28)24-18-12-15(21)5-6-17(18)22/h2-6,11-12H,7-10,13H2,1H3,(H2,23,24,28). The lowest BCUT2D eigenvalue weighted by Crippen LogP contribution is -2.46. The fraction of sp³-hybridized carbons (Fsp3) is 0.300. The van der Waals surface area contributed by atoms with Crippen LogP contribution in [0.3, 0.4) is 0 Å². The molecule has 2 N–H and O–H groups in total. The van der Waals surface area contributed by atoms with Crippen molar-refractivity contribution in [1.82, 2.24) is 9.80 Å². The van der Waals surface area contributed by atoms with Gasteiger partial charge in [0.1, 0.15) is 11.6 Å². The van der Waals surface area contributed by atoms with Gasteiger partial charge in [-0.15, -0.1) is 0 Å². The van der Waals surface area contributed by atoms with Crippen LogP contribution in [0.5, 0.6) is 0 Å². The minimum atomic E-state index is -0.743. The number of urea groups is 1. The minimum Gasteiger partial charge on any atom is -0.308 e. The maximum atomic E-state index is 13.6. The molecule has 1 heterocycles. The summed E-state index contributed by atoms with van der Waals surface area (Å²) >= 11 is 0. The maximum absolute atomic E-state index is 13.6. The van der Waals surface area contributed by atoms with Crippen LogP contribution in [0, 0.1) is 11.6 Å². The number of amides is 2. The van der Waals surface area contributed by atoms with Crippen LogP contribution in [-0.2, 0) is 0 Å². The molecule has 2 aromatic carbocycles. The number of nitrogens with zero attached hydrogens (tertiary/aromatic N) is 2. The summed E-state index contributed by atoms with van der Waals surface area (Å²) in [5.41, 5.74) is 0.604. The van der Waals surface area contributed by atoms with Crippen LogP contribution in [0.4, 0.5) is 25.0 Å². The Morgan fingerprint density at radius 2 is 1.75 bits per heavy atom. The Morgan fingerprint density at radius 3 is 2.50 bits per heavy atom. The van der Waals surface area contributed by atoms with Crippen molar-refractivity contribution in [1.29, 1.82) is 0 Å². The molecule has 0 aromatic heterocycles. The molecule has 1 aliphatic rings. The number of anilines is 2. The van der Waals surface area contributed by atoms with Crippen molar-refractivity contribution >= 4 is 23.2 Å². The summed E-state index contributed by atoms with van der Waals surface area (Å²) in [5, 5.41) is 4.79. The van der Waals surface area contributed by atoms with Crippen LogP contribution in [0.1, 0.15) is 10.4 Å². The van der Waals surface area contributed by atoms with E-state index < -0.39 is 17.7 Å². The van der Waals surface area contributed by atoms with Crippen molar-refractivity contribution in [2.75, 3.05) is 50.4 Å². The van der Waals surface area contributed by atoms with E-state index in [0.29, 0.717) is 17.8 Å². The largest absolute Gasteiger partial charge is 0.323 e. The zero-order valence-electron chi connectivity index (χ0n) is 15.5. The van der Waals surface area contributed by atoms with E-state index in [0.717, 1.165) is 44.4 Å². The summed E-state index contributed by atoms with van der Waals surface area (Å²) < 4.78 is 26.8. The molecule has 1 aliphatic heterocycles. The van der Waals surface area contributed by atoms with Gasteiger partial charge in [0.2, 0.25) is 0 Å². The lowest BCUT2D eigenvalue weighted by Gasteiger charge is -2.31. The second-order valence-corrected chi connectivity index (χ2v) is 6.79. The van der Waals surface area contributed by atoms with E-state index in [2.05, 4.69) is 27.5 Å². The van der Waals surface area contributed by atoms with Crippen molar-refractivity contribution < 1.29 is 18.4 Å². The number of carbonyl (C=O) groups excluding carboxylic acids is 2. The molecule has 0 spiro atoms. The summed E-state index contributed by atoms with van der Waals surface area (Å²) in [5.74, 6) is -1.44. The molecule has 2 aromatic rings. The molecule has 0 radical (unpaired) electrons. The normalized spacial score (nSPS) is 15.2. The molecule has 0 atom stereocenters. The van der Waals surface area contributed by atoms with E-state index in [9.17, 15) is 18.4 Å². The first-order chi connectivity index (χ1) is 13.4. The first-order valence-corrected chi connectivity index (χ1v) is 8.98. The topological polar surface area (TPSA) is 64.7 Å². The summed E-state index contributed by atoms with van der Waals surface area (Å²) in [6.07, 6.45) is 0. The van der Waals surface area contributed by atoms with Gasteiger partial charge in [0.25, 0.3) is 0 Å². The highest BCUT2D eigenvalue weighted by molar-refractivity contribution is 6.02. The average molecular weight is 388 g/mol. The van der Waals surface area contributed by atoms with Gasteiger partial charge in [-0.1, -0.05) is 12.1 Å². The van der Waals surface area contributed by atoms with Gasteiger partial charge in [-0.3, -0.25) is 9.69 Å².